The summed E-state index contributed by atoms with van der Waals surface area (Å²) in [5.74, 6) is -0.0451. The summed E-state index contributed by atoms with van der Waals surface area (Å²) in [7, 11) is 0. The van der Waals surface area contributed by atoms with Crippen LogP contribution in [-0.2, 0) is 0 Å². The number of hydrogen-bond donors (Lipinski definition) is 2. The molecule has 3 N–H and O–H groups in total. The second kappa shape index (κ2) is 6.24. The Bertz CT molecular complexity index is 710. The maximum atomic E-state index is 12.5. The Balaban J connectivity index is 1.91. The molecular weight excluding hydrogens is 308 g/mol. The van der Waals surface area contributed by atoms with Gasteiger partial charge in [0.15, 0.2) is 0 Å². The van der Waals surface area contributed by atoms with Crippen LogP contribution in [0, 0.1) is 6.92 Å². The second-order valence-electron chi connectivity index (χ2n) is 7.19. The van der Waals surface area contributed by atoms with Gasteiger partial charge in [0.1, 0.15) is 4.83 Å². The number of rotatable bonds is 4. The molecule has 23 heavy (non-hydrogen) atoms. The molecule has 0 unspecified atom stereocenters. The van der Waals surface area contributed by atoms with E-state index in [1.54, 1.807) is 11.3 Å². The zero-order valence-corrected chi connectivity index (χ0v) is 15.0. The molecule has 2 heterocycles. The quantitative estimate of drug-likeness (QED) is 0.900. The summed E-state index contributed by atoms with van der Waals surface area (Å²) < 4.78 is 2.17. The van der Waals surface area contributed by atoms with Crippen LogP contribution in [0.4, 0.5) is 0 Å². The van der Waals surface area contributed by atoms with E-state index < -0.39 is 5.54 Å². The van der Waals surface area contributed by atoms with Gasteiger partial charge < -0.3 is 11.1 Å². The van der Waals surface area contributed by atoms with E-state index in [0.29, 0.717) is 12.6 Å². The van der Waals surface area contributed by atoms with Crippen molar-refractivity contribution in [3.8, 4) is 0 Å². The van der Waals surface area contributed by atoms with Crippen LogP contribution in [0.5, 0.6) is 0 Å². The van der Waals surface area contributed by atoms with Crippen LogP contribution in [0.3, 0.4) is 0 Å². The molecule has 1 fully saturated rings. The predicted octanol–water partition coefficient (Wildman–Crippen LogP) is 3.38. The minimum Gasteiger partial charge on any atom is -0.345 e. The average Bonchev–Trinajstić information content (AvgIpc) is 3.09. The summed E-state index contributed by atoms with van der Waals surface area (Å²) in [6.07, 6.45) is 6.25. The van der Waals surface area contributed by atoms with Crippen molar-refractivity contribution in [2.45, 2.75) is 64.5 Å². The third-order valence-electron chi connectivity index (χ3n) is 4.67. The van der Waals surface area contributed by atoms with Crippen molar-refractivity contribution in [3.05, 3.63) is 16.6 Å². The van der Waals surface area contributed by atoms with Gasteiger partial charge in [-0.25, -0.2) is 0 Å². The molecule has 1 amide bonds. The first-order valence-corrected chi connectivity index (χ1v) is 9.24. The van der Waals surface area contributed by atoms with E-state index in [9.17, 15) is 4.79 Å². The fourth-order valence-electron chi connectivity index (χ4n) is 3.18. The average molecular weight is 334 g/mol. The topological polar surface area (TPSA) is 72.9 Å². The Morgan fingerprint density at radius 2 is 2.13 bits per heavy atom. The first-order chi connectivity index (χ1) is 10.9. The van der Waals surface area contributed by atoms with Crippen molar-refractivity contribution in [2.24, 2.45) is 5.73 Å². The fourth-order valence-corrected chi connectivity index (χ4v) is 4.31. The molecule has 2 aromatic heterocycles. The molecule has 0 bridgehead atoms. The van der Waals surface area contributed by atoms with Crippen LogP contribution in [-0.4, -0.2) is 27.8 Å². The molecule has 3 rings (SSSR count). The summed E-state index contributed by atoms with van der Waals surface area (Å²) >= 11 is 1.55. The SMILES string of the molecule is Cc1nn(C2CCCCC2)c2sc(C(=O)NC(C)(C)CN)cc12. The third kappa shape index (κ3) is 3.28. The molecule has 0 spiro atoms. The van der Waals surface area contributed by atoms with Gasteiger partial charge in [-0.3, -0.25) is 9.48 Å². The van der Waals surface area contributed by atoms with Gasteiger partial charge in [0.2, 0.25) is 0 Å². The van der Waals surface area contributed by atoms with Crippen molar-refractivity contribution in [3.63, 3.8) is 0 Å². The zero-order valence-electron chi connectivity index (χ0n) is 14.2. The number of nitrogens with one attached hydrogen (secondary N) is 1. The van der Waals surface area contributed by atoms with Gasteiger partial charge in [-0.05, 0) is 39.7 Å². The van der Waals surface area contributed by atoms with Crippen LogP contribution in [0.15, 0.2) is 6.07 Å². The minimum atomic E-state index is -0.391. The van der Waals surface area contributed by atoms with Gasteiger partial charge in [0.05, 0.1) is 16.6 Å². The normalized spacial score (nSPS) is 16.9. The molecule has 1 aliphatic carbocycles. The summed E-state index contributed by atoms with van der Waals surface area (Å²) in [5, 5.41) is 8.86. The van der Waals surface area contributed by atoms with Gasteiger partial charge in [-0.1, -0.05) is 19.3 Å². The highest BCUT2D eigenvalue weighted by atomic mass is 32.1. The molecule has 2 aromatic rings. The summed E-state index contributed by atoms with van der Waals surface area (Å²) in [6, 6.07) is 2.46. The minimum absolute atomic E-state index is 0.0451. The van der Waals surface area contributed by atoms with E-state index in [4.69, 9.17) is 10.8 Å². The van der Waals surface area contributed by atoms with Gasteiger partial charge in [-0.2, -0.15) is 5.10 Å². The van der Waals surface area contributed by atoms with Crippen molar-refractivity contribution in [2.75, 3.05) is 6.54 Å². The largest absolute Gasteiger partial charge is 0.345 e. The van der Waals surface area contributed by atoms with E-state index in [1.165, 1.54) is 32.1 Å². The van der Waals surface area contributed by atoms with E-state index in [1.807, 2.05) is 26.8 Å². The number of aryl methyl sites for hydroxylation is 1. The number of nitrogens with zero attached hydrogens (tertiary/aromatic N) is 2. The first-order valence-electron chi connectivity index (χ1n) is 8.42. The van der Waals surface area contributed by atoms with E-state index in [2.05, 4.69) is 10.00 Å². The molecule has 0 radical (unpaired) electrons. The predicted molar refractivity (Wildman–Crippen MR) is 95.1 cm³/mol. The third-order valence-corrected chi connectivity index (χ3v) is 5.80. The zero-order chi connectivity index (χ0) is 16.6. The number of carbonyl (C=O) groups is 1. The maximum Gasteiger partial charge on any atom is 0.261 e. The number of carbonyl (C=O) groups excluding carboxylic acids is 1. The lowest BCUT2D eigenvalue weighted by Gasteiger charge is -2.23. The molecule has 5 nitrogen and oxygen atoms in total. The van der Waals surface area contributed by atoms with Crippen molar-refractivity contribution >= 4 is 27.5 Å². The van der Waals surface area contributed by atoms with Gasteiger partial charge in [0, 0.05) is 17.5 Å². The number of nitrogens with two attached hydrogens (primary N) is 1. The first kappa shape index (κ1) is 16.5. The molecular formula is C17H26N4OS. The molecule has 0 aliphatic heterocycles. The number of hydrogen-bond acceptors (Lipinski definition) is 4. The molecule has 0 aromatic carbocycles. The lowest BCUT2D eigenvalue weighted by atomic mass is 9.96. The van der Waals surface area contributed by atoms with Gasteiger partial charge >= 0.3 is 0 Å². The molecule has 1 aliphatic rings. The Kier molecular flexibility index (Phi) is 4.47. The molecule has 0 saturated heterocycles. The summed E-state index contributed by atoms with van der Waals surface area (Å²) in [5.41, 5.74) is 6.33. The molecule has 126 valence electrons. The van der Waals surface area contributed by atoms with Gasteiger partial charge in [0.25, 0.3) is 5.91 Å². The van der Waals surface area contributed by atoms with Gasteiger partial charge in [-0.15, -0.1) is 11.3 Å². The number of amides is 1. The molecule has 0 atom stereocenters. The Morgan fingerprint density at radius 3 is 2.78 bits per heavy atom. The second-order valence-corrected chi connectivity index (χ2v) is 8.22. The Hall–Kier alpha value is -1.40. The van der Waals surface area contributed by atoms with Crippen molar-refractivity contribution in [1.29, 1.82) is 0 Å². The van der Waals surface area contributed by atoms with Crippen LogP contribution in [0.1, 0.15) is 67.4 Å². The van der Waals surface area contributed by atoms with Crippen LogP contribution >= 0.6 is 11.3 Å². The number of fused-ring (bicyclic) bond motifs is 1. The molecule has 6 heteroatoms. The summed E-state index contributed by atoms with van der Waals surface area (Å²) in [4.78, 5) is 14.4. The highest BCUT2D eigenvalue weighted by Crippen LogP contribution is 2.35. The van der Waals surface area contributed by atoms with Crippen molar-refractivity contribution < 1.29 is 4.79 Å². The Labute approximate surface area is 141 Å². The highest BCUT2D eigenvalue weighted by molar-refractivity contribution is 7.20. The summed E-state index contributed by atoms with van der Waals surface area (Å²) in [6.45, 7) is 6.32. The van der Waals surface area contributed by atoms with Crippen LogP contribution in [0.25, 0.3) is 10.2 Å². The highest BCUT2D eigenvalue weighted by Gasteiger charge is 2.24. The molecule has 1 saturated carbocycles. The van der Waals surface area contributed by atoms with E-state index >= 15 is 0 Å². The van der Waals surface area contributed by atoms with E-state index in [-0.39, 0.29) is 5.91 Å². The van der Waals surface area contributed by atoms with Crippen LogP contribution < -0.4 is 11.1 Å². The standard InChI is InChI=1S/C17H26N4OS/c1-11-13-9-14(15(22)19-17(2,3)10-18)23-16(13)21(20-11)12-7-5-4-6-8-12/h9,12H,4-8,10,18H2,1-3H3,(H,19,22). The number of aromatic nitrogens is 2. The lowest BCUT2D eigenvalue weighted by Crippen LogP contribution is -2.48. The smallest absolute Gasteiger partial charge is 0.261 e. The Morgan fingerprint density at radius 1 is 1.43 bits per heavy atom. The van der Waals surface area contributed by atoms with Crippen LogP contribution in [0.2, 0.25) is 0 Å². The monoisotopic (exact) mass is 334 g/mol. The lowest BCUT2D eigenvalue weighted by molar-refractivity contribution is 0.0920. The maximum absolute atomic E-state index is 12.5. The van der Waals surface area contributed by atoms with E-state index in [0.717, 1.165) is 20.8 Å². The number of thiophene rings is 1. The fraction of sp³-hybridized carbons (Fsp3) is 0.647. The van der Waals surface area contributed by atoms with Crippen molar-refractivity contribution in [1.82, 2.24) is 15.1 Å².